The van der Waals surface area contributed by atoms with E-state index in [-0.39, 0.29) is 0 Å². The van der Waals surface area contributed by atoms with Crippen LogP contribution in [0, 0.1) is 17.2 Å². The third kappa shape index (κ3) is 3.55. The fourth-order valence-corrected chi connectivity index (χ4v) is 3.27. The summed E-state index contributed by atoms with van der Waals surface area (Å²) >= 11 is 1.85. The summed E-state index contributed by atoms with van der Waals surface area (Å²) in [6.07, 6.45) is 5.72. The quantitative estimate of drug-likeness (QED) is 0.817. The van der Waals surface area contributed by atoms with Crippen molar-refractivity contribution in [2.45, 2.75) is 38.1 Å². The van der Waals surface area contributed by atoms with Crippen LogP contribution in [0.3, 0.4) is 0 Å². The van der Waals surface area contributed by atoms with Gasteiger partial charge >= 0.3 is 0 Å². The Kier molecular flexibility index (Phi) is 4.58. The van der Waals surface area contributed by atoms with Crippen molar-refractivity contribution < 1.29 is 0 Å². The summed E-state index contributed by atoms with van der Waals surface area (Å²) in [5.74, 6) is 0.317. The van der Waals surface area contributed by atoms with Gasteiger partial charge in [0, 0.05) is 23.4 Å². The van der Waals surface area contributed by atoms with Gasteiger partial charge in [-0.3, -0.25) is 0 Å². The topological polar surface area (TPSA) is 27.0 Å². The van der Waals surface area contributed by atoms with Crippen LogP contribution in [0.4, 0.5) is 0 Å². The first-order valence-corrected chi connectivity index (χ1v) is 7.30. The molecular formula is C14H20N2S. The Morgan fingerprint density at radius 3 is 2.76 bits per heavy atom. The van der Waals surface area contributed by atoms with Gasteiger partial charge in [0.2, 0.25) is 0 Å². The normalized spacial score (nSPS) is 24.8. The Labute approximate surface area is 108 Å². The number of likely N-dealkylation sites (N-methyl/N-ethyl adjacent to an activating group) is 1. The zero-order chi connectivity index (χ0) is 12.1. The molecule has 1 saturated carbocycles. The molecular weight excluding hydrogens is 228 g/mol. The predicted molar refractivity (Wildman–Crippen MR) is 72.0 cm³/mol. The van der Waals surface area contributed by atoms with E-state index in [0.29, 0.717) is 12.0 Å². The van der Waals surface area contributed by atoms with Gasteiger partial charge in [-0.2, -0.15) is 5.26 Å². The highest BCUT2D eigenvalue weighted by atomic mass is 32.1. The van der Waals surface area contributed by atoms with Crippen molar-refractivity contribution >= 4 is 11.3 Å². The molecule has 0 aliphatic heterocycles. The van der Waals surface area contributed by atoms with E-state index in [9.17, 15) is 0 Å². The number of thiophene rings is 1. The molecule has 1 heterocycles. The maximum atomic E-state index is 8.88. The molecule has 1 aromatic heterocycles. The van der Waals surface area contributed by atoms with Crippen LogP contribution in [-0.2, 0) is 6.42 Å². The van der Waals surface area contributed by atoms with E-state index >= 15 is 0 Å². The summed E-state index contributed by atoms with van der Waals surface area (Å²) in [7, 11) is 2.23. The van der Waals surface area contributed by atoms with Crippen molar-refractivity contribution in [3.8, 4) is 6.07 Å². The average molecular weight is 248 g/mol. The molecule has 1 aromatic rings. The third-order valence-electron chi connectivity index (χ3n) is 3.79. The number of rotatable bonds is 4. The Hall–Kier alpha value is -0.850. The lowest BCUT2D eigenvalue weighted by Gasteiger charge is -2.32. The van der Waals surface area contributed by atoms with Crippen LogP contribution in [0.15, 0.2) is 17.5 Å². The van der Waals surface area contributed by atoms with Gasteiger partial charge in [0.1, 0.15) is 0 Å². The summed E-state index contributed by atoms with van der Waals surface area (Å²) in [5, 5.41) is 11.0. The molecule has 0 bridgehead atoms. The summed E-state index contributed by atoms with van der Waals surface area (Å²) in [6.45, 7) is 1.14. The summed E-state index contributed by atoms with van der Waals surface area (Å²) in [6, 6.07) is 7.43. The van der Waals surface area contributed by atoms with Crippen LogP contribution in [0.25, 0.3) is 0 Å². The monoisotopic (exact) mass is 248 g/mol. The maximum absolute atomic E-state index is 8.88. The molecule has 0 spiro atoms. The van der Waals surface area contributed by atoms with E-state index in [2.05, 4.69) is 35.5 Å². The lowest BCUT2D eigenvalue weighted by Crippen LogP contribution is -2.36. The molecule has 0 saturated heterocycles. The second-order valence-corrected chi connectivity index (χ2v) is 5.98. The van der Waals surface area contributed by atoms with Gasteiger partial charge in [0.15, 0.2) is 0 Å². The fourth-order valence-electron chi connectivity index (χ4n) is 2.57. The van der Waals surface area contributed by atoms with Gasteiger partial charge in [-0.1, -0.05) is 6.07 Å². The van der Waals surface area contributed by atoms with Crippen molar-refractivity contribution in [2.24, 2.45) is 5.92 Å². The lowest BCUT2D eigenvalue weighted by atomic mass is 9.86. The minimum absolute atomic E-state index is 0.317. The van der Waals surface area contributed by atoms with E-state index in [4.69, 9.17) is 5.26 Å². The van der Waals surface area contributed by atoms with E-state index in [0.717, 1.165) is 25.8 Å². The van der Waals surface area contributed by atoms with Crippen molar-refractivity contribution in [3.63, 3.8) is 0 Å². The Balaban J connectivity index is 1.73. The molecule has 0 aromatic carbocycles. The third-order valence-corrected chi connectivity index (χ3v) is 4.73. The number of nitriles is 1. The number of hydrogen-bond donors (Lipinski definition) is 0. The Morgan fingerprint density at radius 2 is 2.18 bits per heavy atom. The van der Waals surface area contributed by atoms with Crippen LogP contribution in [0.1, 0.15) is 30.6 Å². The van der Waals surface area contributed by atoms with Gasteiger partial charge in [-0.05, 0) is 50.6 Å². The van der Waals surface area contributed by atoms with Crippen LogP contribution in [0.2, 0.25) is 0 Å². The van der Waals surface area contributed by atoms with Gasteiger partial charge in [-0.15, -0.1) is 11.3 Å². The minimum Gasteiger partial charge on any atom is -0.303 e. The van der Waals surface area contributed by atoms with Crippen LogP contribution in [0.5, 0.6) is 0 Å². The number of hydrogen-bond acceptors (Lipinski definition) is 3. The molecule has 0 atom stereocenters. The molecule has 0 unspecified atom stereocenters. The van der Waals surface area contributed by atoms with Crippen molar-refractivity contribution in [1.29, 1.82) is 5.26 Å². The van der Waals surface area contributed by atoms with E-state index < -0.39 is 0 Å². The minimum atomic E-state index is 0.317. The number of nitrogens with zero attached hydrogens (tertiary/aromatic N) is 2. The molecule has 2 nitrogen and oxygen atoms in total. The molecule has 0 N–H and O–H groups in total. The van der Waals surface area contributed by atoms with Gasteiger partial charge in [-0.25, -0.2) is 0 Å². The smallest absolute Gasteiger partial charge is 0.0655 e. The van der Waals surface area contributed by atoms with Crippen LogP contribution >= 0.6 is 11.3 Å². The second kappa shape index (κ2) is 6.18. The largest absolute Gasteiger partial charge is 0.303 e. The lowest BCUT2D eigenvalue weighted by molar-refractivity contribution is 0.180. The first-order chi connectivity index (χ1) is 8.29. The molecule has 17 heavy (non-hydrogen) atoms. The summed E-state index contributed by atoms with van der Waals surface area (Å²) in [4.78, 5) is 3.95. The first-order valence-electron chi connectivity index (χ1n) is 6.42. The molecule has 2 rings (SSSR count). The first kappa shape index (κ1) is 12.6. The zero-order valence-electron chi connectivity index (χ0n) is 10.4. The molecule has 1 aliphatic carbocycles. The van der Waals surface area contributed by atoms with E-state index in [1.807, 2.05) is 11.3 Å². The molecule has 3 heteroatoms. The highest BCUT2D eigenvalue weighted by Crippen LogP contribution is 2.26. The van der Waals surface area contributed by atoms with Crippen molar-refractivity contribution in [1.82, 2.24) is 4.90 Å². The van der Waals surface area contributed by atoms with Gasteiger partial charge < -0.3 is 4.90 Å². The highest BCUT2D eigenvalue weighted by Gasteiger charge is 2.23. The predicted octanol–water partition coefficient (Wildman–Crippen LogP) is 3.30. The van der Waals surface area contributed by atoms with Crippen molar-refractivity contribution in [3.05, 3.63) is 22.4 Å². The SMILES string of the molecule is CN(CCc1cccs1)C1CCC(C#N)CC1. The van der Waals surface area contributed by atoms with Crippen LogP contribution < -0.4 is 0 Å². The summed E-state index contributed by atoms with van der Waals surface area (Å²) in [5.41, 5.74) is 0. The molecule has 0 amide bonds. The average Bonchev–Trinajstić information content (AvgIpc) is 2.89. The van der Waals surface area contributed by atoms with E-state index in [1.165, 1.54) is 17.7 Å². The molecule has 1 aliphatic rings. The maximum Gasteiger partial charge on any atom is 0.0655 e. The Bertz CT molecular complexity index is 358. The molecule has 0 radical (unpaired) electrons. The summed E-state index contributed by atoms with van der Waals surface area (Å²) < 4.78 is 0. The fraction of sp³-hybridized carbons (Fsp3) is 0.643. The van der Waals surface area contributed by atoms with E-state index in [1.54, 1.807) is 0 Å². The van der Waals surface area contributed by atoms with Gasteiger partial charge in [0.05, 0.1) is 6.07 Å². The van der Waals surface area contributed by atoms with Crippen molar-refractivity contribution in [2.75, 3.05) is 13.6 Å². The second-order valence-electron chi connectivity index (χ2n) is 4.94. The van der Waals surface area contributed by atoms with Gasteiger partial charge in [0.25, 0.3) is 0 Å². The standard InChI is InChI=1S/C14H20N2S/c1-16(9-8-14-3-2-10-17-14)13-6-4-12(11-15)5-7-13/h2-3,10,12-13H,4-9H2,1H3. The zero-order valence-corrected chi connectivity index (χ0v) is 11.2. The Morgan fingerprint density at radius 1 is 1.41 bits per heavy atom. The highest BCUT2D eigenvalue weighted by molar-refractivity contribution is 7.09. The molecule has 1 fully saturated rings. The van der Waals surface area contributed by atoms with Crippen LogP contribution in [-0.4, -0.2) is 24.5 Å². The molecule has 92 valence electrons.